The van der Waals surface area contributed by atoms with Crippen LogP contribution in [-0.4, -0.2) is 16.1 Å². The van der Waals surface area contributed by atoms with Crippen LogP contribution >= 0.6 is 11.6 Å². The number of aromatic nitrogens is 2. The second-order valence-electron chi connectivity index (χ2n) is 5.33. The molecule has 0 bridgehead atoms. The van der Waals surface area contributed by atoms with Crippen LogP contribution in [0.1, 0.15) is 40.3 Å². The minimum Gasteiger partial charge on any atom is -0.454 e. The Morgan fingerprint density at radius 2 is 2.04 bits per heavy atom. The maximum Gasteiger partial charge on any atom is 0.339 e. The molecule has 118 valence electrons. The van der Waals surface area contributed by atoms with Crippen molar-refractivity contribution in [1.82, 2.24) is 10.1 Å². The number of halogens is 1. The molecule has 5 nitrogen and oxygen atoms in total. The second kappa shape index (κ2) is 6.01. The summed E-state index contributed by atoms with van der Waals surface area (Å²) in [6.07, 6.45) is -0.472. The maximum absolute atomic E-state index is 12.6. The Hall–Kier alpha value is -2.40. The van der Waals surface area contributed by atoms with E-state index in [1.165, 1.54) is 0 Å². The van der Waals surface area contributed by atoms with Gasteiger partial charge in [0.15, 0.2) is 0 Å². The number of aryl methyl sites for hydroxylation is 2. The molecule has 3 aromatic rings. The van der Waals surface area contributed by atoms with Crippen molar-refractivity contribution < 1.29 is 14.1 Å². The Bertz CT molecular complexity index is 889. The lowest BCUT2D eigenvalue weighted by Crippen LogP contribution is -2.11. The molecular formula is C17H15ClN2O3. The molecule has 6 heteroatoms. The van der Waals surface area contributed by atoms with Crippen LogP contribution in [0.2, 0.25) is 5.02 Å². The molecule has 1 aromatic carbocycles. The molecule has 0 aliphatic rings. The monoisotopic (exact) mass is 330 g/mol. The van der Waals surface area contributed by atoms with Crippen LogP contribution in [0.15, 0.2) is 34.9 Å². The second-order valence-corrected chi connectivity index (χ2v) is 5.74. The van der Waals surface area contributed by atoms with Crippen molar-refractivity contribution in [3.05, 3.63) is 57.9 Å². The lowest BCUT2D eigenvalue weighted by atomic mass is 10.1. The highest BCUT2D eigenvalue weighted by molar-refractivity contribution is 6.31. The first-order valence-electron chi connectivity index (χ1n) is 7.16. The van der Waals surface area contributed by atoms with Crippen molar-refractivity contribution in [3.63, 3.8) is 0 Å². The Balaban J connectivity index is 1.95. The number of benzene rings is 1. The molecule has 0 saturated carbocycles. The SMILES string of the molecule is Cc1cc(C(=O)OC(C)c2ccccc2Cl)c2c(C)noc2n1. The number of carbonyl (C=O) groups excluding carboxylic acids is 1. The highest BCUT2D eigenvalue weighted by atomic mass is 35.5. The molecule has 0 N–H and O–H groups in total. The number of hydrogen-bond donors (Lipinski definition) is 0. The fourth-order valence-electron chi connectivity index (χ4n) is 2.47. The molecule has 2 heterocycles. The number of hydrogen-bond acceptors (Lipinski definition) is 5. The van der Waals surface area contributed by atoms with Gasteiger partial charge in [0.05, 0.1) is 16.6 Å². The predicted octanol–water partition coefficient (Wildman–Crippen LogP) is 4.41. The van der Waals surface area contributed by atoms with Crippen molar-refractivity contribution in [1.29, 1.82) is 0 Å². The van der Waals surface area contributed by atoms with E-state index >= 15 is 0 Å². The summed E-state index contributed by atoms with van der Waals surface area (Å²) in [6, 6.07) is 8.95. The Morgan fingerprint density at radius 3 is 2.78 bits per heavy atom. The highest BCUT2D eigenvalue weighted by Crippen LogP contribution is 2.28. The summed E-state index contributed by atoms with van der Waals surface area (Å²) in [7, 11) is 0. The average molecular weight is 331 g/mol. The number of esters is 1. The molecule has 0 amide bonds. The molecular weight excluding hydrogens is 316 g/mol. The number of rotatable bonds is 3. The van der Waals surface area contributed by atoms with Gasteiger partial charge < -0.3 is 9.26 Å². The molecule has 2 aromatic heterocycles. The van der Waals surface area contributed by atoms with E-state index in [2.05, 4.69) is 10.1 Å². The predicted molar refractivity (Wildman–Crippen MR) is 86.6 cm³/mol. The molecule has 1 atom stereocenters. The van der Waals surface area contributed by atoms with Crippen LogP contribution in [0.3, 0.4) is 0 Å². The van der Waals surface area contributed by atoms with Crippen molar-refractivity contribution in [3.8, 4) is 0 Å². The molecule has 3 rings (SSSR count). The molecule has 0 saturated heterocycles. The van der Waals surface area contributed by atoms with Crippen LogP contribution in [-0.2, 0) is 4.74 Å². The molecule has 23 heavy (non-hydrogen) atoms. The van der Waals surface area contributed by atoms with Gasteiger partial charge in [-0.1, -0.05) is 35.0 Å². The summed E-state index contributed by atoms with van der Waals surface area (Å²) in [5.74, 6) is -0.459. The van der Waals surface area contributed by atoms with E-state index in [1.807, 2.05) is 18.2 Å². The lowest BCUT2D eigenvalue weighted by Gasteiger charge is -2.15. The fraction of sp³-hybridized carbons (Fsp3) is 0.235. The fourth-order valence-corrected chi connectivity index (χ4v) is 2.76. The minimum atomic E-state index is -0.472. The van der Waals surface area contributed by atoms with Crippen LogP contribution in [0.5, 0.6) is 0 Å². The van der Waals surface area contributed by atoms with E-state index in [-0.39, 0.29) is 0 Å². The van der Waals surface area contributed by atoms with Gasteiger partial charge in [-0.15, -0.1) is 0 Å². The smallest absolute Gasteiger partial charge is 0.339 e. The molecule has 0 aliphatic heterocycles. The zero-order valence-electron chi connectivity index (χ0n) is 13.0. The number of carbonyl (C=O) groups is 1. The quantitative estimate of drug-likeness (QED) is 0.665. The normalized spacial score (nSPS) is 12.3. The number of ether oxygens (including phenoxy) is 1. The van der Waals surface area contributed by atoms with Gasteiger partial charge in [0.25, 0.3) is 5.71 Å². The standard InChI is InChI=1S/C17H15ClN2O3/c1-9-8-13(15-10(2)20-23-16(15)19-9)17(21)22-11(3)12-6-4-5-7-14(12)18/h4-8,11H,1-3H3. The summed E-state index contributed by atoms with van der Waals surface area (Å²) >= 11 is 6.15. The van der Waals surface area contributed by atoms with E-state index in [9.17, 15) is 4.79 Å². The minimum absolute atomic E-state index is 0.333. The van der Waals surface area contributed by atoms with E-state index < -0.39 is 12.1 Å². The third-order valence-corrected chi connectivity index (χ3v) is 3.94. The summed E-state index contributed by atoms with van der Waals surface area (Å²) in [4.78, 5) is 16.8. The van der Waals surface area contributed by atoms with Crippen LogP contribution < -0.4 is 0 Å². The summed E-state index contributed by atoms with van der Waals surface area (Å²) in [5, 5.41) is 5.00. The summed E-state index contributed by atoms with van der Waals surface area (Å²) < 4.78 is 10.7. The Labute approximate surface area is 138 Å². The average Bonchev–Trinajstić information content (AvgIpc) is 2.87. The first-order chi connectivity index (χ1) is 11.0. The van der Waals surface area contributed by atoms with Crippen LogP contribution in [0.4, 0.5) is 0 Å². The molecule has 0 radical (unpaired) electrons. The Morgan fingerprint density at radius 1 is 1.30 bits per heavy atom. The summed E-state index contributed by atoms with van der Waals surface area (Å²) in [6.45, 7) is 5.33. The maximum atomic E-state index is 12.6. The van der Waals surface area contributed by atoms with Crippen molar-refractivity contribution in [2.75, 3.05) is 0 Å². The third kappa shape index (κ3) is 2.92. The van der Waals surface area contributed by atoms with Crippen molar-refractivity contribution in [2.45, 2.75) is 26.9 Å². The first kappa shape index (κ1) is 15.5. The summed E-state index contributed by atoms with van der Waals surface area (Å²) in [5.41, 5.74) is 2.74. The van der Waals surface area contributed by atoms with Crippen LogP contribution in [0.25, 0.3) is 11.1 Å². The van der Waals surface area contributed by atoms with Crippen molar-refractivity contribution >= 4 is 28.7 Å². The molecule has 0 spiro atoms. The van der Waals surface area contributed by atoms with E-state index in [4.69, 9.17) is 20.9 Å². The zero-order valence-corrected chi connectivity index (χ0v) is 13.7. The molecule has 0 fully saturated rings. The zero-order chi connectivity index (χ0) is 16.6. The largest absolute Gasteiger partial charge is 0.454 e. The molecule has 0 aliphatic carbocycles. The van der Waals surface area contributed by atoms with Crippen LogP contribution in [0, 0.1) is 13.8 Å². The highest BCUT2D eigenvalue weighted by Gasteiger charge is 2.21. The van der Waals surface area contributed by atoms with Gasteiger partial charge >= 0.3 is 5.97 Å². The van der Waals surface area contributed by atoms with Gasteiger partial charge in [0, 0.05) is 16.3 Å². The van der Waals surface area contributed by atoms with Gasteiger partial charge in [-0.3, -0.25) is 0 Å². The van der Waals surface area contributed by atoms with Gasteiger partial charge in [-0.2, -0.15) is 0 Å². The first-order valence-corrected chi connectivity index (χ1v) is 7.54. The lowest BCUT2D eigenvalue weighted by molar-refractivity contribution is 0.0340. The number of nitrogens with zero attached hydrogens (tertiary/aromatic N) is 2. The van der Waals surface area contributed by atoms with E-state index in [1.54, 1.807) is 32.9 Å². The van der Waals surface area contributed by atoms with Crippen molar-refractivity contribution in [2.24, 2.45) is 0 Å². The number of fused-ring (bicyclic) bond motifs is 1. The Kier molecular flexibility index (Phi) is 4.05. The van der Waals surface area contributed by atoms with Gasteiger partial charge in [-0.05, 0) is 32.9 Å². The van der Waals surface area contributed by atoms with E-state index in [0.717, 1.165) is 5.56 Å². The van der Waals surface area contributed by atoms with Gasteiger partial charge in [0.2, 0.25) is 0 Å². The third-order valence-electron chi connectivity index (χ3n) is 3.59. The van der Waals surface area contributed by atoms with E-state index in [0.29, 0.717) is 33.1 Å². The van der Waals surface area contributed by atoms with Gasteiger partial charge in [-0.25, -0.2) is 9.78 Å². The van der Waals surface area contributed by atoms with Gasteiger partial charge in [0.1, 0.15) is 6.10 Å². The topological polar surface area (TPSA) is 65.2 Å². The molecule has 1 unspecified atom stereocenters. The number of pyridine rings is 1.